The molecule has 27 heavy (non-hydrogen) atoms. The molecule has 0 saturated carbocycles. The fourth-order valence-corrected chi connectivity index (χ4v) is 2.12. The highest BCUT2D eigenvalue weighted by molar-refractivity contribution is 5.95. The monoisotopic (exact) mass is 386 g/mol. The van der Waals surface area contributed by atoms with Crippen LogP contribution in [0.5, 0.6) is 5.75 Å². The summed E-state index contributed by atoms with van der Waals surface area (Å²) in [5.74, 6) is -1.71. The highest BCUT2D eigenvalue weighted by Gasteiger charge is 2.30. The molecule has 0 aromatic heterocycles. The Hall–Kier alpha value is -3.17. The third-order valence-electron chi connectivity index (χ3n) is 3.44. The molecule has 10 heteroatoms. The van der Waals surface area contributed by atoms with Crippen LogP contribution in [0.2, 0.25) is 0 Å². The number of nitro benzene ring substituents is 1. The maximum absolute atomic E-state index is 13.6. The van der Waals surface area contributed by atoms with Crippen LogP contribution in [0.3, 0.4) is 0 Å². The number of hydrogen-bond acceptors (Lipinski definition) is 4. The Kier molecular flexibility index (Phi) is 6.32. The third kappa shape index (κ3) is 5.66. The summed E-state index contributed by atoms with van der Waals surface area (Å²) >= 11 is 0. The lowest BCUT2D eigenvalue weighted by atomic mass is 10.1. The van der Waals surface area contributed by atoms with Gasteiger partial charge in [-0.2, -0.15) is 13.2 Å². The van der Waals surface area contributed by atoms with E-state index in [1.165, 1.54) is 12.1 Å². The van der Waals surface area contributed by atoms with Gasteiger partial charge in [0.15, 0.2) is 0 Å². The zero-order valence-corrected chi connectivity index (χ0v) is 13.8. The van der Waals surface area contributed by atoms with E-state index in [1.54, 1.807) is 0 Å². The van der Waals surface area contributed by atoms with Gasteiger partial charge < -0.3 is 10.1 Å². The fraction of sp³-hybridized carbons (Fsp3) is 0.235. The van der Waals surface area contributed by atoms with Crippen molar-refractivity contribution in [3.63, 3.8) is 0 Å². The number of alkyl halides is 3. The first kappa shape index (κ1) is 20.1. The minimum absolute atomic E-state index is 0.0129. The summed E-state index contributed by atoms with van der Waals surface area (Å²) < 4.78 is 56.6. The molecule has 0 unspecified atom stereocenters. The van der Waals surface area contributed by atoms with E-state index in [9.17, 15) is 32.5 Å². The van der Waals surface area contributed by atoms with Crippen molar-refractivity contribution in [2.24, 2.45) is 0 Å². The second-order valence-corrected chi connectivity index (χ2v) is 5.40. The number of amides is 1. The molecule has 0 heterocycles. The van der Waals surface area contributed by atoms with Crippen LogP contribution in [0.15, 0.2) is 42.5 Å². The third-order valence-corrected chi connectivity index (χ3v) is 3.44. The van der Waals surface area contributed by atoms with E-state index in [2.05, 4.69) is 5.32 Å². The standard InChI is InChI=1S/C17H14F4N2O4/c18-15-6-5-12(23(25)26)10-14(15)16(24)22-7-2-8-27-13-4-1-3-11(9-13)17(19,20)21/h1,3-6,9-10H,2,7-8H2,(H,22,24). The van der Waals surface area contributed by atoms with Crippen molar-refractivity contribution in [2.75, 3.05) is 13.2 Å². The van der Waals surface area contributed by atoms with Gasteiger partial charge in [-0.05, 0) is 30.7 Å². The van der Waals surface area contributed by atoms with Gasteiger partial charge in [0.05, 0.1) is 22.7 Å². The average Bonchev–Trinajstić information content (AvgIpc) is 2.61. The molecule has 2 aromatic rings. The number of nitrogens with one attached hydrogen (secondary N) is 1. The van der Waals surface area contributed by atoms with Gasteiger partial charge in [0.1, 0.15) is 11.6 Å². The molecule has 1 amide bonds. The molecule has 0 bridgehead atoms. The topological polar surface area (TPSA) is 81.5 Å². The Morgan fingerprint density at radius 1 is 1.19 bits per heavy atom. The van der Waals surface area contributed by atoms with Gasteiger partial charge in [0.2, 0.25) is 0 Å². The molecular weight excluding hydrogens is 372 g/mol. The Morgan fingerprint density at radius 2 is 1.93 bits per heavy atom. The molecule has 144 valence electrons. The largest absolute Gasteiger partial charge is 0.494 e. The number of rotatable bonds is 7. The van der Waals surface area contributed by atoms with E-state index >= 15 is 0 Å². The van der Waals surface area contributed by atoms with Crippen LogP contribution in [0.4, 0.5) is 23.2 Å². The number of nitro groups is 1. The Bertz CT molecular complexity index is 840. The zero-order valence-electron chi connectivity index (χ0n) is 13.8. The number of carbonyl (C=O) groups is 1. The molecule has 0 atom stereocenters. The van der Waals surface area contributed by atoms with E-state index in [4.69, 9.17) is 4.74 Å². The van der Waals surface area contributed by atoms with Crippen LogP contribution >= 0.6 is 0 Å². The average molecular weight is 386 g/mol. The van der Waals surface area contributed by atoms with Gasteiger partial charge in [0, 0.05) is 18.7 Å². The van der Waals surface area contributed by atoms with Gasteiger partial charge in [0.25, 0.3) is 11.6 Å². The summed E-state index contributed by atoms with van der Waals surface area (Å²) in [5, 5.41) is 13.0. The summed E-state index contributed by atoms with van der Waals surface area (Å²) in [4.78, 5) is 21.8. The van der Waals surface area contributed by atoms with Gasteiger partial charge in [-0.1, -0.05) is 6.07 Å². The van der Waals surface area contributed by atoms with Crippen molar-refractivity contribution < 1.29 is 32.0 Å². The van der Waals surface area contributed by atoms with Crippen molar-refractivity contribution in [3.8, 4) is 5.75 Å². The second-order valence-electron chi connectivity index (χ2n) is 5.40. The maximum atomic E-state index is 13.6. The molecule has 0 saturated heterocycles. The van der Waals surface area contributed by atoms with Crippen molar-refractivity contribution in [3.05, 3.63) is 69.5 Å². The molecule has 0 aliphatic heterocycles. The van der Waals surface area contributed by atoms with Gasteiger partial charge >= 0.3 is 6.18 Å². The predicted molar refractivity (Wildman–Crippen MR) is 86.9 cm³/mol. The minimum atomic E-state index is -4.48. The van der Waals surface area contributed by atoms with Crippen molar-refractivity contribution in [2.45, 2.75) is 12.6 Å². The van der Waals surface area contributed by atoms with Gasteiger partial charge in [-0.25, -0.2) is 4.39 Å². The molecule has 0 fully saturated rings. The Labute approximate surface area is 150 Å². The van der Waals surface area contributed by atoms with Crippen molar-refractivity contribution in [1.29, 1.82) is 0 Å². The highest BCUT2D eigenvalue weighted by Crippen LogP contribution is 2.31. The first-order chi connectivity index (χ1) is 12.7. The highest BCUT2D eigenvalue weighted by atomic mass is 19.4. The van der Waals surface area contributed by atoms with Crippen LogP contribution in [-0.4, -0.2) is 24.0 Å². The lowest BCUT2D eigenvalue weighted by molar-refractivity contribution is -0.384. The number of carbonyl (C=O) groups excluding carboxylic acids is 1. The number of ether oxygens (including phenoxy) is 1. The molecule has 0 aliphatic carbocycles. The van der Waals surface area contributed by atoms with Crippen molar-refractivity contribution in [1.82, 2.24) is 5.32 Å². The number of benzene rings is 2. The molecule has 1 N–H and O–H groups in total. The van der Waals surface area contributed by atoms with Crippen LogP contribution < -0.4 is 10.1 Å². The number of halogens is 4. The van der Waals surface area contributed by atoms with Crippen LogP contribution in [-0.2, 0) is 6.18 Å². The van der Waals surface area contributed by atoms with E-state index in [-0.39, 0.29) is 25.3 Å². The van der Waals surface area contributed by atoms with E-state index in [1.807, 2.05) is 0 Å². The molecule has 0 spiro atoms. The van der Waals surface area contributed by atoms with E-state index < -0.39 is 39.6 Å². The SMILES string of the molecule is O=C(NCCCOc1cccc(C(F)(F)F)c1)c1cc([N+](=O)[O-])ccc1F. The zero-order chi connectivity index (χ0) is 20.0. The summed E-state index contributed by atoms with van der Waals surface area (Å²) in [6.45, 7) is 0.0545. The molecular formula is C17H14F4N2O4. The molecule has 6 nitrogen and oxygen atoms in total. The summed E-state index contributed by atoms with van der Waals surface area (Å²) in [6, 6.07) is 6.94. The van der Waals surface area contributed by atoms with Crippen molar-refractivity contribution >= 4 is 11.6 Å². The lowest BCUT2D eigenvalue weighted by Crippen LogP contribution is -2.26. The van der Waals surface area contributed by atoms with Gasteiger partial charge in [-0.15, -0.1) is 0 Å². The number of nitrogens with zero attached hydrogens (tertiary/aromatic N) is 1. The molecule has 0 aliphatic rings. The Morgan fingerprint density at radius 3 is 2.59 bits per heavy atom. The number of non-ortho nitro benzene ring substituents is 1. The fourth-order valence-electron chi connectivity index (χ4n) is 2.12. The van der Waals surface area contributed by atoms with Gasteiger partial charge in [-0.3, -0.25) is 14.9 Å². The maximum Gasteiger partial charge on any atom is 0.416 e. The van der Waals surface area contributed by atoms with Crippen LogP contribution in [0.25, 0.3) is 0 Å². The van der Waals surface area contributed by atoms with E-state index in [0.29, 0.717) is 0 Å². The van der Waals surface area contributed by atoms with E-state index in [0.717, 1.165) is 30.3 Å². The first-order valence-corrected chi connectivity index (χ1v) is 7.70. The van der Waals surface area contributed by atoms with Crippen LogP contribution in [0.1, 0.15) is 22.3 Å². The quantitative estimate of drug-likeness (QED) is 0.338. The predicted octanol–water partition coefficient (Wildman–Crippen LogP) is 3.95. The molecule has 0 radical (unpaired) electrons. The van der Waals surface area contributed by atoms with Crippen LogP contribution in [0, 0.1) is 15.9 Å². The minimum Gasteiger partial charge on any atom is -0.494 e. The summed E-state index contributed by atoms with van der Waals surface area (Å²) in [5.41, 5.74) is -1.73. The lowest BCUT2D eigenvalue weighted by Gasteiger charge is -2.10. The summed E-state index contributed by atoms with van der Waals surface area (Å²) in [7, 11) is 0. The molecule has 2 rings (SSSR count). The second kappa shape index (κ2) is 8.47. The summed E-state index contributed by atoms with van der Waals surface area (Å²) in [6.07, 6.45) is -4.24. The Balaban J connectivity index is 1.83. The number of hydrogen-bond donors (Lipinski definition) is 1. The first-order valence-electron chi connectivity index (χ1n) is 7.70. The molecule has 2 aromatic carbocycles. The smallest absolute Gasteiger partial charge is 0.416 e. The normalized spacial score (nSPS) is 11.1.